The van der Waals surface area contributed by atoms with Gasteiger partial charge in [-0.1, -0.05) is 11.6 Å². The first-order valence-corrected chi connectivity index (χ1v) is 3.25. The van der Waals surface area contributed by atoms with Crippen LogP contribution in [0.4, 0.5) is 4.39 Å². The highest BCUT2D eigenvalue weighted by atomic mass is 35.5. The predicted octanol–water partition coefficient (Wildman–Crippen LogP) is 2.19. The highest BCUT2D eigenvalue weighted by molar-refractivity contribution is 6.32. The summed E-state index contributed by atoms with van der Waals surface area (Å²) in [6.45, 7) is 0. The third-order valence-corrected chi connectivity index (χ3v) is 1.57. The summed E-state index contributed by atoms with van der Waals surface area (Å²) < 4.78 is 17.3. The van der Waals surface area contributed by atoms with E-state index in [9.17, 15) is 4.39 Å². The molecule has 0 bridgehead atoms. The Bertz CT molecular complexity index is 275. The van der Waals surface area contributed by atoms with Gasteiger partial charge in [0.15, 0.2) is 0 Å². The van der Waals surface area contributed by atoms with Crippen LogP contribution in [0.5, 0.6) is 11.5 Å². The molecule has 11 heavy (non-hydrogen) atoms. The molecule has 0 unspecified atom stereocenters. The molecule has 0 aliphatic rings. The lowest BCUT2D eigenvalue weighted by Gasteiger charge is -2.03. The Hall–Kier alpha value is -0.960. The first-order chi connectivity index (χ1) is 5.15. The van der Waals surface area contributed by atoms with Gasteiger partial charge in [-0.3, -0.25) is 0 Å². The molecule has 4 heteroatoms. The van der Waals surface area contributed by atoms with Crippen LogP contribution in [-0.4, -0.2) is 12.2 Å². The van der Waals surface area contributed by atoms with Gasteiger partial charge >= 0.3 is 0 Å². The highest BCUT2D eigenvalue weighted by Gasteiger charge is 2.07. The van der Waals surface area contributed by atoms with E-state index in [0.29, 0.717) is 0 Å². The average Bonchev–Trinajstić information content (AvgIpc) is 1.96. The van der Waals surface area contributed by atoms with E-state index in [-0.39, 0.29) is 16.5 Å². The Morgan fingerprint density at radius 2 is 2.18 bits per heavy atom. The van der Waals surface area contributed by atoms with E-state index in [1.165, 1.54) is 13.2 Å². The van der Waals surface area contributed by atoms with Crippen molar-refractivity contribution in [3.63, 3.8) is 0 Å². The Balaban J connectivity index is 3.24. The molecular weight excluding hydrogens is 171 g/mol. The Labute approximate surface area is 68.2 Å². The quantitative estimate of drug-likeness (QED) is 0.711. The molecule has 1 N–H and O–H groups in total. The summed E-state index contributed by atoms with van der Waals surface area (Å²) in [6, 6.07) is 2.16. The number of aromatic hydroxyl groups is 1. The van der Waals surface area contributed by atoms with Gasteiger partial charge in [0.1, 0.15) is 22.3 Å². The van der Waals surface area contributed by atoms with E-state index < -0.39 is 5.82 Å². The standard InChI is InChI=1S/C7H6ClFO2/c1-11-6-3-4(10)2-5(9)7(6)8/h2-3,10H,1H3. The molecule has 0 aliphatic heterocycles. The van der Waals surface area contributed by atoms with E-state index in [2.05, 4.69) is 4.74 Å². The second-order valence-electron chi connectivity index (χ2n) is 1.94. The van der Waals surface area contributed by atoms with E-state index in [0.717, 1.165) is 6.07 Å². The summed E-state index contributed by atoms with van der Waals surface area (Å²) in [5.41, 5.74) is 0. The van der Waals surface area contributed by atoms with Crippen LogP contribution in [0.3, 0.4) is 0 Å². The van der Waals surface area contributed by atoms with Crippen LogP contribution in [-0.2, 0) is 0 Å². The zero-order valence-electron chi connectivity index (χ0n) is 5.77. The first-order valence-electron chi connectivity index (χ1n) is 2.87. The zero-order valence-corrected chi connectivity index (χ0v) is 6.52. The highest BCUT2D eigenvalue weighted by Crippen LogP contribution is 2.30. The number of halogens is 2. The number of rotatable bonds is 1. The van der Waals surface area contributed by atoms with Crippen LogP contribution in [0.15, 0.2) is 12.1 Å². The minimum atomic E-state index is -0.691. The van der Waals surface area contributed by atoms with Crippen LogP contribution < -0.4 is 4.74 Å². The van der Waals surface area contributed by atoms with Crippen LogP contribution in [0.2, 0.25) is 5.02 Å². The van der Waals surface area contributed by atoms with Gasteiger partial charge in [-0.25, -0.2) is 4.39 Å². The van der Waals surface area contributed by atoms with Gasteiger partial charge in [-0.15, -0.1) is 0 Å². The number of methoxy groups -OCH3 is 1. The lowest BCUT2D eigenvalue weighted by molar-refractivity contribution is 0.403. The molecule has 0 atom stereocenters. The molecule has 0 amide bonds. The van der Waals surface area contributed by atoms with Crippen molar-refractivity contribution in [3.05, 3.63) is 23.0 Å². The molecule has 0 radical (unpaired) electrons. The van der Waals surface area contributed by atoms with E-state index in [4.69, 9.17) is 16.7 Å². The molecule has 0 aromatic heterocycles. The van der Waals surface area contributed by atoms with Crippen molar-refractivity contribution in [2.45, 2.75) is 0 Å². The van der Waals surface area contributed by atoms with Gasteiger partial charge < -0.3 is 9.84 Å². The Morgan fingerprint density at radius 3 is 2.73 bits per heavy atom. The molecule has 0 aliphatic carbocycles. The minimum absolute atomic E-state index is 0.120. The molecular formula is C7H6ClFO2. The predicted molar refractivity (Wildman–Crippen MR) is 39.6 cm³/mol. The van der Waals surface area contributed by atoms with Crippen LogP contribution in [0, 0.1) is 5.82 Å². The summed E-state index contributed by atoms with van der Waals surface area (Å²) in [5.74, 6) is -0.767. The fourth-order valence-electron chi connectivity index (χ4n) is 0.699. The summed E-state index contributed by atoms with van der Waals surface area (Å²) >= 11 is 5.45. The molecule has 0 heterocycles. The molecule has 0 saturated heterocycles. The van der Waals surface area contributed by atoms with E-state index >= 15 is 0 Å². The maximum absolute atomic E-state index is 12.7. The molecule has 0 saturated carbocycles. The van der Waals surface area contributed by atoms with Gasteiger partial charge in [0.2, 0.25) is 0 Å². The van der Waals surface area contributed by atoms with Crippen LogP contribution in [0.1, 0.15) is 0 Å². The van der Waals surface area contributed by atoms with Crippen LogP contribution in [0.25, 0.3) is 0 Å². The molecule has 0 fully saturated rings. The van der Waals surface area contributed by atoms with Crippen molar-refractivity contribution in [1.29, 1.82) is 0 Å². The smallest absolute Gasteiger partial charge is 0.149 e. The van der Waals surface area contributed by atoms with Crippen molar-refractivity contribution < 1.29 is 14.2 Å². The number of hydrogen-bond acceptors (Lipinski definition) is 2. The van der Waals surface area contributed by atoms with E-state index in [1.54, 1.807) is 0 Å². The number of hydrogen-bond donors (Lipinski definition) is 1. The molecule has 1 rings (SSSR count). The SMILES string of the molecule is COc1cc(O)cc(F)c1Cl. The van der Waals surface area contributed by atoms with Gasteiger partial charge in [0.25, 0.3) is 0 Å². The maximum atomic E-state index is 12.7. The number of benzene rings is 1. The number of ether oxygens (including phenoxy) is 1. The van der Waals surface area contributed by atoms with Crippen LogP contribution >= 0.6 is 11.6 Å². The Morgan fingerprint density at radius 1 is 1.55 bits per heavy atom. The lowest BCUT2D eigenvalue weighted by atomic mass is 10.3. The van der Waals surface area contributed by atoms with Crippen molar-refractivity contribution in [1.82, 2.24) is 0 Å². The summed E-state index contributed by atoms with van der Waals surface area (Å²) in [4.78, 5) is 0. The van der Waals surface area contributed by atoms with Crippen molar-refractivity contribution in [2.75, 3.05) is 7.11 Å². The number of phenols is 1. The molecule has 2 nitrogen and oxygen atoms in total. The molecule has 1 aromatic rings. The summed E-state index contributed by atoms with van der Waals surface area (Å²) in [6.07, 6.45) is 0. The maximum Gasteiger partial charge on any atom is 0.149 e. The summed E-state index contributed by atoms with van der Waals surface area (Å²) in [7, 11) is 1.35. The number of phenolic OH excluding ortho intramolecular Hbond substituents is 1. The fraction of sp³-hybridized carbons (Fsp3) is 0.143. The van der Waals surface area contributed by atoms with Gasteiger partial charge in [-0.05, 0) is 0 Å². The van der Waals surface area contributed by atoms with Crippen molar-refractivity contribution in [3.8, 4) is 11.5 Å². The normalized spacial score (nSPS) is 9.73. The van der Waals surface area contributed by atoms with Gasteiger partial charge in [-0.2, -0.15) is 0 Å². The molecule has 0 spiro atoms. The summed E-state index contributed by atoms with van der Waals surface area (Å²) in [5, 5.41) is 8.75. The van der Waals surface area contributed by atoms with Gasteiger partial charge in [0, 0.05) is 12.1 Å². The third kappa shape index (κ3) is 1.54. The van der Waals surface area contributed by atoms with Crippen molar-refractivity contribution >= 4 is 11.6 Å². The first kappa shape index (κ1) is 8.14. The van der Waals surface area contributed by atoms with Gasteiger partial charge in [0.05, 0.1) is 7.11 Å². The third-order valence-electron chi connectivity index (χ3n) is 1.20. The second-order valence-corrected chi connectivity index (χ2v) is 2.32. The van der Waals surface area contributed by atoms with Crippen molar-refractivity contribution in [2.24, 2.45) is 0 Å². The zero-order chi connectivity index (χ0) is 8.43. The monoisotopic (exact) mass is 176 g/mol. The molecule has 60 valence electrons. The second kappa shape index (κ2) is 2.96. The molecule has 1 aromatic carbocycles. The topological polar surface area (TPSA) is 29.5 Å². The fourth-order valence-corrected chi connectivity index (χ4v) is 0.885. The minimum Gasteiger partial charge on any atom is -0.508 e. The lowest BCUT2D eigenvalue weighted by Crippen LogP contribution is -1.86. The van der Waals surface area contributed by atoms with E-state index in [1.807, 2.05) is 0 Å². The average molecular weight is 177 g/mol. The Kier molecular flexibility index (Phi) is 2.19. The largest absolute Gasteiger partial charge is 0.508 e.